The van der Waals surface area contributed by atoms with E-state index in [1.54, 1.807) is 14.7 Å². The second kappa shape index (κ2) is 23.3. The number of carboxylic acid groups (broad SMARTS) is 3. The van der Waals surface area contributed by atoms with Crippen LogP contribution in [0.15, 0.2) is 24.3 Å². The van der Waals surface area contributed by atoms with E-state index in [2.05, 4.69) is 16.0 Å². The number of carboxylic acids is 3. The highest BCUT2D eigenvalue weighted by atomic mass is 16.4. The van der Waals surface area contributed by atoms with Gasteiger partial charge in [-0.2, -0.15) is 0 Å². The fourth-order valence-electron chi connectivity index (χ4n) is 6.37. The average Bonchev–Trinajstić information content (AvgIpc) is 3.63. The highest BCUT2D eigenvalue weighted by molar-refractivity contribution is 6.43. The van der Waals surface area contributed by atoms with E-state index in [-0.39, 0.29) is 76.3 Å². The molecular weight excluding hydrogens is 723 g/mol. The quantitative estimate of drug-likeness (QED) is 0.0531. The van der Waals surface area contributed by atoms with Crippen molar-refractivity contribution in [3.63, 3.8) is 0 Å². The second-order valence-corrected chi connectivity index (χ2v) is 13.6. The van der Waals surface area contributed by atoms with Crippen LogP contribution >= 0.6 is 0 Å². The Morgan fingerprint density at radius 2 is 0.982 bits per heavy atom. The van der Waals surface area contributed by atoms with E-state index in [1.165, 1.54) is 29.2 Å². The summed E-state index contributed by atoms with van der Waals surface area (Å²) >= 11 is 0. The van der Waals surface area contributed by atoms with Gasteiger partial charge in [0.05, 0.1) is 38.7 Å². The van der Waals surface area contributed by atoms with Crippen LogP contribution in [0.4, 0.5) is 0 Å². The molecule has 4 amide bonds. The predicted molar refractivity (Wildman–Crippen MR) is 197 cm³/mol. The molecule has 0 radical (unpaired) electrons. The third kappa shape index (κ3) is 16.7. The summed E-state index contributed by atoms with van der Waals surface area (Å²) in [6.45, 7) is 2.33. The number of carbonyl (C=O) groups is 7. The SMILES string of the molecule is O=C(O)CN1CCN(CC(=O)O)CCN(CC(=O)NCCCCNC(=O)c2ccc(C(=O)NCC(=O)N3CCC[C@H]3B(O)O)cc2)CCN(CC(=O)O)CC1. The van der Waals surface area contributed by atoms with Crippen LogP contribution in [-0.2, 0) is 24.0 Å². The van der Waals surface area contributed by atoms with E-state index in [0.717, 1.165) is 0 Å². The van der Waals surface area contributed by atoms with Crippen LogP contribution in [-0.4, -0.2) is 209 Å². The van der Waals surface area contributed by atoms with Crippen molar-refractivity contribution >= 4 is 48.7 Å². The van der Waals surface area contributed by atoms with Crippen molar-refractivity contribution in [2.75, 3.05) is 105 Å². The molecule has 20 nitrogen and oxygen atoms in total. The molecule has 0 saturated carbocycles. The molecule has 304 valence electrons. The molecule has 2 saturated heterocycles. The Morgan fingerprint density at radius 3 is 1.40 bits per heavy atom. The molecule has 2 fully saturated rings. The number of hydrogen-bond donors (Lipinski definition) is 8. The van der Waals surface area contributed by atoms with Crippen LogP contribution < -0.4 is 16.0 Å². The summed E-state index contributed by atoms with van der Waals surface area (Å²) in [6, 6.07) is 5.89. The first kappa shape index (κ1) is 44.7. The molecule has 1 atom stereocenters. The number of nitrogens with one attached hydrogen (secondary N) is 3. The molecule has 2 aliphatic heterocycles. The predicted octanol–water partition coefficient (Wildman–Crippen LogP) is -3.48. The maximum atomic E-state index is 12.9. The molecule has 1 aromatic rings. The van der Waals surface area contributed by atoms with Gasteiger partial charge in [0.1, 0.15) is 0 Å². The van der Waals surface area contributed by atoms with E-state index in [1.807, 2.05) is 4.90 Å². The van der Waals surface area contributed by atoms with E-state index in [9.17, 15) is 58.9 Å². The van der Waals surface area contributed by atoms with Gasteiger partial charge in [0.25, 0.3) is 11.8 Å². The van der Waals surface area contributed by atoms with Gasteiger partial charge >= 0.3 is 25.0 Å². The lowest BCUT2D eigenvalue weighted by Gasteiger charge is -2.32. The van der Waals surface area contributed by atoms with Gasteiger partial charge < -0.3 is 46.2 Å². The summed E-state index contributed by atoms with van der Waals surface area (Å²) in [6.07, 6.45) is 2.23. The number of unbranched alkanes of at least 4 members (excludes halogenated alkanes) is 1. The number of amides is 4. The molecule has 0 aliphatic carbocycles. The van der Waals surface area contributed by atoms with Crippen molar-refractivity contribution in [3.8, 4) is 0 Å². The van der Waals surface area contributed by atoms with Gasteiger partial charge in [-0.25, -0.2) is 0 Å². The first-order valence-corrected chi connectivity index (χ1v) is 18.4. The molecule has 8 N–H and O–H groups in total. The number of benzene rings is 1. The minimum atomic E-state index is -1.65. The van der Waals surface area contributed by atoms with E-state index < -0.39 is 42.8 Å². The number of likely N-dealkylation sites (tertiary alicyclic amines) is 1. The highest BCUT2D eigenvalue weighted by Gasteiger charge is 2.36. The van der Waals surface area contributed by atoms with Gasteiger partial charge in [-0.05, 0) is 49.9 Å². The van der Waals surface area contributed by atoms with Gasteiger partial charge in [-0.15, -0.1) is 0 Å². The monoisotopic (exact) mass is 776 g/mol. The first-order chi connectivity index (χ1) is 26.2. The molecule has 2 aliphatic rings. The van der Waals surface area contributed by atoms with Crippen molar-refractivity contribution in [2.45, 2.75) is 31.6 Å². The van der Waals surface area contributed by atoms with Crippen molar-refractivity contribution in [3.05, 3.63) is 35.4 Å². The molecule has 0 spiro atoms. The van der Waals surface area contributed by atoms with E-state index in [0.29, 0.717) is 77.1 Å². The van der Waals surface area contributed by atoms with Gasteiger partial charge in [0.2, 0.25) is 11.8 Å². The molecule has 21 heteroatoms. The zero-order valence-electron chi connectivity index (χ0n) is 30.9. The summed E-state index contributed by atoms with van der Waals surface area (Å²) in [7, 11) is -1.65. The largest absolute Gasteiger partial charge is 0.480 e. The first-order valence-electron chi connectivity index (χ1n) is 18.4. The van der Waals surface area contributed by atoms with Crippen LogP contribution in [0.25, 0.3) is 0 Å². The summed E-state index contributed by atoms with van der Waals surface area (Å²) < 4.78 is 0. The number of nitrogens with zero attached hydrogens (tertiary/aromatic N) is 5. The lowest BCUT2D eigenvalue weighted by Crippen LogP contribution is -2.49. The number of rotatable bonds is 18. The summed E-state index contributed by atoms with van der Waals surface area (Å²) in [5.41, 5.74) is 0.567. The Balaban J connectivity index is 1.40. The van der Waals surface area contributed by atoms with Gasteiger partial charge in [-0.1, -0.05) is 0 Å². The van der Waals surface area contributed by atoms with Crippen molar-refractivity contribution in [1.29, 1.82) is 0 Å². The normalized spacial score (nSPS) is 18.1. The summed E-state index contributed by atoms with van der Waals surface area (Å²) in [5.74, 6) is -5.36. The third-order valence-corrected chi connectivity index (χ3v) is 9.36. The number of aliphatic carboxylic acids is 3. The molecule has 2 heterocycles. The lowest BCUT2D eigenvalue weighted by atomic mass is 9.78. The third-order valence-electron chi connectivity index (χ3n) is 9.36. The maximum Gasteiger partial charge on any atom is 0.475 e. The Bertz CT molecular complexity index is 1440. The van der Waals surface area contributed by atoms with Crippen LogP contribution in [0.3, 0.4) is 0 Å². The topological polar surface area (TPSA) is 273 Å². The van der Waals surface area contributed by atoms with Crippen molar-refractivity contribution in [2.24, 2.45) is 0 Å². The molecular formula is C34H53BN8O12. The van der Waals surface area contributed by atoms with Crippen molar-refractivity contribution < 1.29 is 58.9 Å². The summed E-state index contributed by atoms with van der Waals surface area (Å²) in [5, 5.41) is 55.2. The Morgan fingerprint density at radius 1 is 0.582 bits per heavy atom. The maximum absolute atomic E-state index is 12.9. The minimum Gasteiger partial charge on any atom is -0.480 e. The van der Waals surface area contributed by atoms with Crippen molar-refractivity contribution in [1.82, 2.24) is 40.4 Å². The molecule has 55 heavy (non-hydrogen) atoms. The Kier molecular flexibility index (Phi) is 18.9. The van der Waals surface area contributed by atoms with Gasteiger partial charge in [0, 0.05) is 83.1 Å². The average molecular weight is 777 g/mol. The van der Waals surface area contributed by atoms with Crippen LogP contribution in [0.2, 0.25) is 0 Å². The fourth-order valence-corrected chi connectivity index (χ4v) is 6.37. The molecule has 0 aromatic heterocycles. The molecule has 3 rings (SSSR count). The fraction of sp³-hybridized carbons (Fsp3) is 0.618. The van der Waals surface area contributed by atoms with E-state index >= 15 is 0 Å². The van der Waals surface area contributed by atoms with Gasteiger partial charge in [-0.3, -0.25) is 53.2 Å². The van der Waals surface area contributed by atoms with Crippen LogP contribution in [0.5, 0.6) is 0 Å². The minimum absolute atomic E-state index is 0.000776. The number of hydrogen-bond acceptors (Lipinski definition) is 13. The highest BCUT2D eigenvalue weighted by Crippen LogP contribution is 2.18. The molecule has 0 unspecified atom stereocenters. The van der Waals surface area contributed by atoms with Crippen LogP contribution in [0, 0.1) is 0 Å². The smallest absolute Gasteiger partial charge is 0.475 e. The Labute approximate surface area is 319 Å². The number of carbonyl (C=O) groups excluding carboxylic acids is 4. The summed E-state index contributed by atoms with van der Waals surface area (Å²) in [4.78, 5) is 93.0. The van der Waals surface area contributed by atoms with E-state index in [4.69, 9.17) is 0 Å². The molecule has 1 aromatic carbocycles. The lowest BCUT2D eigenvalue weighted by molar-refractivity contribution is -0.140. The zero-order valence-corrected chi connectivity index (χ0v) is 30.9. The molecule has 0 bridgehead atoms. The van der Waals surface area contributed by atoms with Gasteiger partial charge in [0.15, 0.2) is 0 Å². The second-order valence-electron chi connectivity index (χ2n) is 13.6. The standard InChI is InChI=1S/C34H53BN8O12/c44-28(21-39-12-14-40(22-30(46)47)16-18-42(24-32(50)51)19-17-41(15-13-39)23-31(48)49)36-9-1-2-10-37-33(52)25-5-7-26(8-6-25)34(53)38-20-29(45)43-11-3-4-27(43)35(54)55/h5-8,27,54-55H,1-4,9-24H2,(H,36,44)(H,37,52)(H,38,53)(H,46,47)(H,48,49)(H,50,51)/t27-/m0/s1. The Hall–Kier alpha value is -4.67. The zero-order chi connectivity index (χ0) is 40.3. The van der Waals surface area contributed by atoms with Crippen LogP contribution in [0.1, 0.15) is 46.4 Å².